The average Bonchev–Trinajstić information content (AvgIpc) is 2.29. The van der Waals surface area contributed by atoms with Crippen LogP contribution in [0.25, 0.3) is 0 Å². The first-order chi connectivity index (χ1) is 8.09. The van der Waals surface area contributed by atoms with E-state index in [1.807, 2.05) is 30.3 Å². The molecule has 0 aliphatic rings. The Balaban J connectivity index is 2.42. The van der Waals surface area contributed by atoms with Crippen LogP contribution in [0.3, 0.4) is 0 Å². The number of hydrogen-bond donors (Lipinski definition) is 2. The zero-order chi connectivity index (χ0) is 12.7. The van der Waals surface area contributed by atoms with Crippen molar-refractivity contribution in [3.8, 4) is 0 Å². The number of aliphatic carboxylic acids is 1. The van der Waals surface area contributed by atoms with E-state index in [2.05, 4.69) is 5.32 Å². The van der Waals surface area contributed by atoms with Crippen molar-refractivity contribution in [1.29, 1.82) is 0 Å². The Morgan fingerprint density at radius 3 is 2.65 bits per heavy atom. The normalized spacial score (nSPS) is 14.2. The molecule has 1 rings (SSSR count). The van der Waals surface area contributed by atoms with Gasteiger partial charge in [0.05, 0.1) is 6.26 Å². The zero-order valence-corrected chi connectivity index (χ0v) is 10.6. The topological polar surface area (TPSA) is 72.4 Å². The van der Waals surface area contributed by atoms with Crippen LogP contribution in [0.2, 0.25) is 0 Å². The average molecular weight is 255 g/mol. The van der Waals surface area contributed by atoms with Gasteiger partial charge in [0.1, 0.15) is 11.8 Å². The molecule has 0 saturated carbocycles. The predicted octanol–water partition coefficient (Wildman–Crippen LogP) is 0.998. The second-order valence-electron chi connectivity index (χ2n) is 3.82. The third-order valence-corrected chi connectivity index (χ3v) is 3.20. The highest BCUT2D eigenvalue weighted by Gasteiger charge is 2.18. The van der Waals surface area contributed by atoms with E-state index >= 15 is 0 Å². The fourth-order valence-electron chi connectivity index (χ4n) is 1.43. The quantitative estimate of drug-likeness (QED) is 0.713. The summed E-state index contributed by atoms with van der Waals surface area (Å²) in [7, 11) is 0. The minimum Gasteiger partial charge on any atom is -0.617 e. The van der Waals surface area contributed by atoms with Gasteiger partial charge in [-0.05, 0) is 5.56 Å². The van der Waals surface area contributed by atoms with E-state index in [-0.39, 0.29) is 0 Å². The summed E-state index contributed by atoms with van der Waals surface area (Å²) in [6.45, 7) is 0.508. The molecule has 1 aromatic rings. The van der Waals surface area contributed by atoms with Crippen molar-refractivity contribution >= 4 is 17.1 Å². The number of rotatable bonds is 7. The molecular formula is C12H17NO3S. The molecule has 0 aliphatic carbocycles. The first kappa shape index (κ1) is 14.0. The van der Waals surface area contributed by atoms with Gasteiger partial charge in [0.25, 0.3) is 0 Å². The molecule has 17 heavy (non-hydrogen) atoms. The van der Waals surface area contributed by atoms with Crippen molar-refractivity contribution < 1.29 is 14.5 Å². The maximum absolute atomic E-state index is 11.0. The molecule has 2 atom stereocenters. The summed E-state index contributed by atoms with van der Waals surface area (Å²) in [6.07, 6.45) is 1.96. The fourth-order valence-corrected chi connectivity index (χ4v) is 2.00. The first-order valence-electron chi connectivity index (χ1n) is 5.39. The van der Waals surface area contributed by atoms with E-state index in [1.54, 1.807) is 6.26 Å². The van der Waals surface area contributed by atoms with Gasteiger partial charge in [-0.2, -0.15) is 0 Å². The Bertz CT molecular complexity index is 343. The summed E-state index contributed by atoms with van der Waals surface area (Å²) in [5, 5.41) is 12.0. The molecule has 94 valence electrons. The van der Waals surface area contributed by atoms with Gasteiger partial charge < -0.3 is 15.0 Å². The van der Waals surface area contributed by atoms with Gasteiger partial charge >= 0.3 is 5.97 Å². The number of carboxylic acid groups (broad SMARTS) is 1. The van der Waals surface area contributed by atoms with E-state index in [9.17, 15) is 9.35 Å². The highest BCUT2D eigenvalue weighted by molar-refractivity contribution is 7.90. The van der Waals surface area contributed by atoms with Gasteiger partial charge in [-0.1, -0.05) is 41.5 Å². The van der Waals surface area contributed by atoms with E-state index in [0.29, 0.717) is 18.7 Å². The maximum atomic E-state index is 11.0. The van der Waals surface area contributed by atoms with Crippen LogP contribution in [-0.4, -0.2) is 33.7 Å². The van der Waals surface area contributed by atoms with E-state index in [0.717, 1.165) is 5.56 Å². The highest BCUT2D eigenvalue weighted by atomic mass is 32.2. The third kappa shape index (κ3) is 5.72. The van der Waals surface area contributed by atoms with Crippen molar-refractivity contribution in [3.05, 3.63) is 35.9 Å². The van der Waals surface area contributed by atoms with Gasteiger partial charge in [0, 0.05) is 13.0 Å². The van der Waals surface area contributed by atoms with Crippen LogP contribution in [0, 0.1) is 0 Å². The van der Waals surface area contributed by atoms with Crippen LogP contribution in [0.15, 0.2) is 30.3 Å². The SMILES string of the molecule is C[S+]([O-])CC[C@H](NCc1ccccc1)C(=O)O. The molecule has 4 nitrogen and oxygen atoms in total. The standard InChI is InChI=1S/C12H17NO3S/c1-17(16)8-7-11(12(14)15)13-9-10-5-3-2-4-6-10/h2-6,11,13H,7-9H2,1H3,(H,14,15)/t11-,17?/m0/s1. The van der Waals surface area contributed by atoms with Crippen LogP contribution in [0.1, 0.15) is 12.0 Å². The van der Waals surface area contributed by atoms with Crippen molar-refractivity contribution in [2.24, 2.45) is 0 Å². The molecule has 5 heteroatoms. The van der Waals surface area contributed by atoms with Crippen molar-refractivity contribution in [2.45, 2.75) is 19.0 Å². The van der Waals surface area contributed by atoms with Crippen LogP contribution < -0.4 is 5.32 Å². The Morgan fingerprint density at radius 2 is 2.12 bits per heavy atom. The molecule has 0 bridgehead atoms. The Kier molecular flexibility index (Phi) is 6.04. The van der Waals surface area contributed by atoms with Gasteiger partial charge in [-0.25, -0.2) is 0 Å². The van der Waals surface area contributed by atoms with Crippen molar-refractivity contribution in [2.75, 3.05) is 12.0 Å². The highest BCUT2D eigenvalue weighted by Crippen LogP contribution is 2.01. The van der Waals surface area contributed by atoms with Crippen LogP contribution in [-0.2, 0) is 22.5 Å². The van der Waals surface area contributed by atoms with Crippen LogP contribution >= 0.6 is 0 Å². The van der Waals surface area contributed by atoms with Gasteiger partial charge in [0.15, 0.2) is 0 Å². The summed E-state index contributed by atoms with van der Waals surface area (Å²) in [5.41, 5.74) is 1.04. The number of hydrogen-bond acceptors (Lipinski definition) is 3. The lowest BCUT2D eigenvalue weighted by Gasteiger charge is -2.14. The molecule has 0 aliphatic heterocycles. The van der Waals surface area contributed by atoms with Crippen molar-refractivity contribution in [3.63, 3.8) is 0 Å². The number of benzene rings is 1. The minimum absolute atomic E-state index is 0.380. The zero-order valence-electron chi connectivity index (χ0n) is 9.76. The molecular weight excluding hydrogens is 238 g/mol. The van der Waals surface area contributed by atoms with Crippen LogP contribution in [0.5, 0.6) is 0 Å². The van der Waals surface area contributed by atoms with E-state index in [4.69, 9.17) is 5.11 Å². The number of carbonyl (C=O) groups is 1. The maximum Gasteiger partial charge on any atom is 0.320 e. The molecule has 2 N–H and O–H groups in total. The van der Waals surface area contributed by atoms with E-state index < -0.39 is 23.2 Å². The molecule has 0 amide bonds. The van der Waals surface area contributed by atoms with Gasteiger partial charge in [0.2, 0.25) is 0 Å². The minimum atomic E-state index is -0.954. The predicted molar refractivity (Wildman–Crippen MR) is 68.3 cm³/mol. The second kappa shape index (κ2) is 7.32. The summed E-state index contributed by atoms with van der Waals surface area (Å²) in [5.74, 6) is -0.495. The van der Waals surface area contributed by atoms with E-state index in [1.165, 1.54) is 0 Å². The molecule has 0 fully saturated rings. The third-order valence-electron chi connectivity index (χ3n) is 2.39. The summed E-state index contributed by atoms with van der Waals surface area (Å²) >= 11 is -0.954. The molecule has 1 aromatic carbocycles. The van der Waals surface area contributed by atoms with Crippen molar-refractivity contribution in [1.82, 2.24) is 5.32 Å². The smallest absolute Gasteiger partial charge is 0.320 e. The molecule has 0 heterocycles. The Hall–Kier alpha value is -1.04. The Morgan fingerprint density at radius 1 is 1.47 bits per heavy atom. The van der Waals surface area contributed by atoms with Gasteiger partial charge in [-0.3, -0.25) is 4.79 Å². The summed E-state index contributed by atoms with van der Waals surface area (Å²) in [4.78, 5) is 11.0. The largest absolute Gasteiger partial charge is 0.617 e. The Labute approximate surface area is 104 Å². The lowest BCUT2D eigenvalue weighted by atomic mass is 10.2. The molecule has 1 unspecified atom stereocenters. The number of carboxylic acids is 1. The number of nitrogens with one attached hydrogen (secondary N) is 1. The van der Waals surface area contributed by atoms with Gasteiger partial charge in [-0.15, -0.1) is 0 Å². The lowest BCUT2D eigenvalue weighted by Crippen LogP contribution is -2.37. The molecule has 0 spiro atoms. The van der Waals surface area contributed by atoms with Crippen LogP contribution in [0.4, 0.5) is 0 Å². The molecule has 0 radical (unpaired) electrons. The summed E-state index contributed by atoms with van der Waals surface area (Å²) in [6, 6.07) is 8.97. The fraction of sp³-hybridized carbons (Fsp3) is 0.417. The second-order valence-corrected chi connectivity index (χ2v) is 5.38. The molecule has 0 saturated heterocycles. The summed E-state index contributed by atoms with van der Waals surface area (Å²) < 4.78 is 10.9. The lowest BCUT2D eigenvalue weighted by molar-refractivity contribution is -0.139. The monoisotopic (exact) mass is 255 g/mol. The first-order valence-corrected chi connectivity index (χ1v) is 7.12. The molecule has 0 aromatic heterocycles.